The van der Waals surface area contributed by atoms with E-state index >= 15 is 0 Å². The first-order chi connectivity index (χ1) is 6.81. The summed E-state index contributed by atoms with van der Waals surface area (Å²) in [7, 11) is 0. The van der Waals surface area contributed by atoms with Gasteiger partial charge in [-0.2, -0.15) is 0 Å². The Morgan fingerprint density at radius 3 is 2.07 bits per heavy atom. The third-order valence-corrected chi connectivity index (χ3v) is 2.94. The predicted octanol–water partition coefficient (Wildman–Crippen LogP) is 5.38. The number of hydrogen-bond donors (Lipinski definition) is 0. The largest absolute Gasteiger partial charge is 0.0654 e. The smallest absolute Gasteiger partial charge is 0.0414 e. The van der Waals surface area contributed by atoms with E-state index in [4.69, 9.17) is 0 Å². The highest BCUT2D eigenvalue weighted by Crippen LogP contribution is 2.15. The van der Waals surface area contributed by atoms with Crippen LogP contribution in [0, 0.1) is 12.3 Å². The van der Waals surface area contributed by atoms with Crippen molar-refractivity contribution in [2.45, 2.75) is 78.6 Å². The molecule has 1 radical (unpaired) electrons. The zero-order valence-corrected chi connectivity index (χ0v) is 10.5. The molecule has 1 atom stereocenters. The molecule has 0 saturated carbocycles. The second kappa shape index (κ2) is 11.1. The van der Waals surface area contributed by atoms with Gasteiger partial charge in [0.1, 0.15) is 0 Å². The number of hydrogen-bond acceptors (Lipinski definition) is 0. The topological polar surface area (TPSA) is 0 Å². The predicted molar refractivity (Wildman–Crippen MR) is 66.4 cm³/mol. The maximum Gasteiger partial charge on any atom is -0.0414 e. The van der Waals surface area contributed by atoms with Crippen LogP contribution >= 0.6 is 0 Å². The Labute approximate surface area is 91.5 Å². The van der Waals surface area contributed by atoms with Crippen molar-refractivity contribution < 1.29 is 0 Å². The quantitative estimate of drug-likeness (QED) is 0.413. The molecule has 0 nitrogen and oxygen atoms in total. The molecule has 0 aliphatic rings. The van der Waals surface area contributed by atoms with Crippen LogP contribution in [0.2, 0.25) is 0 Å². The average Bonchev–Trinajstić information content (AvgIpc) is 2.17. The second-order valence-electron chi connectivity index (χ2n) is 4.66. The van der Waals surface area contributed by atoms with E-state index in [0.29, 0.717) is 0 Å². The van der Waals surface area contributed by atoms with Gasteiger partial charge >= 0.3 is 0 Å². The van der Waals surface area contributed by atoms with Crippen LogP contribution in [-0.4, -0.2) is 0 Å². The minimum atomic E-state index is 0.913. The van der Waals surface area contributed by atoms with Crippen molar-refractivity contribution in [3.63, 3.8) is 0 Å². The molecule has 0 heteroatoms. The number of unbranched alkanes of at least 4 members (excludes halogenated alkanes) is 6. The molecule has 0 fully saturated rings. The van der Waals surface area contributed by atoms with Crippen LogP contribution in [0.15, 0.2) is 0 Å². The van der Waals surface area contributed by atoms with Gasteiger partial charge in [0.2, 0.25) is 0 Å². The van der Waals surface area contributed by atoms with Gasteiger partial charge in [-0.05, 0) is 18.8 Å². The summed E-state index contributed by atoms with van der Waals surface area (Å²) >= 11 is 0. The van der Waals surface area contributed by atoms with Gasteiger partial charge in [0.05, 0.1) is 0 Å². The highest BCUT2D eigenvalue weighted by molar-refractivity contribution is 4.62. The molecule has 1 unspecified atom stereocenters. The van der Waals surface area contributed by atoms with Crippen LogP contribution in [0.3, 0.4) is 0 Å². The van der Waals surface area contributed by atoms with Gasteiger partial charge in [-0.3, -0.25) is 0 Å². The van der Waals surface area contributed by atoms with Crippen LogP contribution in [0.4, 0.5) is 0 Å². The van der Waals surface area contributed by atoms with Crippen molar-refractivity contribution in [2.24, 2.45) is 5.92 Å². The summed E-state index contributed by atoms with van der Waals surface area (Å²) in [5.74, 6) is 0.913. The molecule has 0 aromatic heterocycles. The van der Waals surface area contributed by atoms with E-state index in [0.717, 1.165) is 5.92 Å². The fourth-order valence-electron chi connectivity index (χ4n) is 1.97. The molecule has 0 rings (SSSR count). The van der Waals surface area contributed by atoms with Crippen molar-refractivity contribution in [1.29, 1.82) is 0 Å². The first-order valence-corrected chi connectivity index (χ1v) is 6.59. The maximum absolute atomic E-state index is 2.37. The lowest BCUT2D eigenvalue weighted by Crippen LogP contribution is -1.93. The van der Waals surface area contributed by atoms with Gasteiger partial charge < -0.3 is 0 Å². The van der Waals surface area contributed by atoms with Crippen molar-refractivity contribution >= 4 is 0 Å². The Bertz CT molecular complexity index is 96.2. The highest BCUT2D eigenvalue weighted by atomic mass is 14.1. The van der Waals surface area contributed by atoms with Crippen LogP contribution in [-0.2, 0) is 0 Å². The summed E-state index contributed by atoms with van der Waals surface area (Å²) in [6.07, 6.45) is 15.1. The van der Waals surface area contributed by atoms with Crippen molar-refractivity contribution in [1.82, 2.24) is 0 Å². The second-order valence-corrected chi connectivity index (χ2v) is 4.66. The fraction of sp³-hybridized carbons (Fsp3) is 0.929. The summed E-state index contributed by atoms with van der Waals surface area (Å²) in [6, 6.07) is 0. The van der Waals surface area contributed by atoms with Crippen LogP contribution in [0.25, 0.3) is 0 Å². The first-order valence-electron chi connectivity index (χ1n) is 6.59. The van der Waals surface area contributed by atoms with Crippen LogP contribution in [0.5, 0.6) is 0 Å². The molecule has 14 heavy (non-hydrogen) atoms. The summed E-state index contributed by atoms with van der Waals surface area (Å²) < 4.78 is 0. The summed E-state index contributed by atoms with van der Waals surface area (Å²) in [5, 5.41) is 0. The lowest BCUT2D eigenvalue weighted by Gasteiger charge is -2.08. The molecule has 0 aliphatic carbocycles. The molecule has 0 aliphatic heterocycles. The molecule has 0 aromatic rings. The van der Waals surface area contributed by atoms with E-state index in [9.17, 15) is 0 Å². The minimum absolute atomic E-state index is 0.913. The van der Waals surface area contributed by atoms with Gasteiger partial charge in [-0.25, -0.2) is 0 Å². The normalized spacial score (nSPS) is 13.1. The molecule has 0 amide bonds. The van der Waals surface area contributed by atoms with E-state index in [1.807, 2.05) is 0 Å². The molecule has 0 aromatic carbocycles. The third-order valence-electron chi connectivity index (χ3n) is 2.94. The molecule has 0 saturated heterocycles. The molecular formula is C14H29. The van der Waals surface area contributed by atoms with E-state index in [-0.39, 0.29) is 0 Å². The van der Waals surface area contributed by atoms with E-state index in [2.05, 4.69) is 27.2 Å². The zero-order valence-electron chi connectivity index (χ0n) is 10.5. The Morgan fingerprint density at radius 2 is 1.50 bits per heavy atom. The molecular weight excluding hydrogens is 168 g/mol. The van der Waals surface area contributed by atoms with E-state index in [1.165, 1.54) is 57.8 Å². The first kappa shape index (κ1) is 14.0. The molecule has 0 N–H and O–H groups in total. The summed E-state index contributed by atoms with van der Waals surface area (Å²) in [4.78, 5) is 0. The Kier molecular flexibility index (Phi) is 11.1. The van der Waals surface area contributed by atoms with Crippen molar-refractivity contribution in [3.05, 3.63) is 6.42 Å². The summed E-state index contributed by atoms with van der Waals surface area (Å²) in [6.45, 7) is 6.82. The van der Waals surface area contributed by atoms with Crippen LogP contribution < -0.4 is 0 Å². The lowest BCUT2D eigenvalue weighted by molar-refractivity contribution is 0.477. The SMILES string of the molecule is C[CH]CC(C)CCCCCCCCC. The van der Waals surface area contributed by atoms with Gasteiger partial charge in [-0.15, -0.1) is 0 Å². The van der Waals surface area contributed by atoms with E-state index in [1.54, 1.807) is 0 Å². The van der Waals surface area contributed by atoms with E-state index < -0.39 is 0 Å². The standard InChI is InChI=1S/C14H29/c1-4-6-7-8-9-10-11-13-14(3)12-5-2/h5,14H,4,6-13H2,1-3H3. The summed E-state index contributed by atoms with van der Waals surface area (Å²) in [5.41, 5.74) is 0. The maximum atomic E-state index is 2.37. The Morgan fingerprint density at radius 1 is 0.929 bits per heavy atom. The fourth-order valence-corrected chi connectivity index (χ4v) is 1.97. The Hall–Kier alpha value is 0. The Balaban J connectivity index is 2.98. The monoisotopic (exact) mass is 197 g/mol. The molecule has 0 bridgehead atoms. The minimum Gasteiger partial charge on any atom is -0.0654 e. The number of rotatable bonds is 10. The van der Waals surface area contributed by atoms with Gasteiger partial charge in [0, 0.05) is 0 Å². The van der Waals surface area contributed by atoms with Crippen LogP contribution in [0.1, 0.15) is 78.6 Å². The van der Waals surface area contributed by atoms with Crippen molar-refractivity contribution in [2.75, 3.05) is 0 Å². The lowest BCUT2D eigenvalue weighted by atomic mass is 9.98. The average molecular weight is 197 g/mol. The van der Waals surface area contributed by atoms with Gasteiger partial charge in [0.25, 0.3) is 0 Å². The zero-order chi connectivity index (χ0) is 10.6. The molecule has 85 valence electrons. The highest BCUT2D eigenvalue weighted by Gasteiger charge is 1.99. The van der Waals surface area contributed by atoms with Gasteiger partial charge in [0.15, 0.2) is 0 Å². The molecule has 0 heterocycles. The molecule has 0 spiro atoms. The van der Waals surface area contributed by atoms with Gasteiger partial charge in [-0.1, -0.05) is 72.1 Å². The van der Waals surface area contributed by atoms with Crippen molar-refractivity contribution in [3.8, 4) is 0 Å². The third kappa shape index (κ3) is 10.1.